The van der Waals surface area contributed by atoms with Crippen LogP contribution in [0.15, 0.2) is 27.5 Å². The van der Waals surface area contributed by atoms with Gasteiger partial charge in [-0.3, -0.25) is 9.36 Å². The van der Waals surface area contributed by atoms with Gasteiger partial charge in [-0.2, -0.15) is 0 Å². The summed E-state index contributed by atoms with van der Waals surface area (Å²) in [5.41, 5.74) is 0.848. The maximum absolute atomic E-state index is 13.5. The summed E-state index contributed by atoms with van der Waals surface area (Å²) < 4.78 is 67.8. The summed E-state index contributed by atoms with van der Waals surface area (Å²) in [6.07, 6.45) is -6.47. The summed E-state index contributed by atoms with van der Waals surface area (Å²) in [4.78, 5) is 19.7. The smallest absolute Gasteiger partial charge is 0.257 e. The van der Waals surface area contributed by atoms with Gasteiger partial charge in [0.25, 0.3) is 5.56 Å². The molecule has 2 aliphatic rings. The molecule has 164 valence electrons. The first kappa shape index (κ1) is 14.5. The largest absolute Gasteiger partial charge is 0.385 e. The Morgan fingerprint density at radius 2 is 2.16 bits per heavy atom. The second kappa shape index (κ2) is 8.16. The second-order valence-electron chi connectivity index (χ2n) is 8.03. The van der Waals surface area contributed by atoms with Gasteiger partial charge in [0, 0.05) is 49.9 Å². The third-order valence-corrected chi connectivity index (χ3v) is 6.14. The SMILES string of the molecule is [2H]C1([2H])C(O)c2nc(C)c(CCN3CCC(c4noc5cc(F)ccc45)CC3)c(=O)n2C([2H])([2H])C1([2H])[2H]. The predicted molar refractivity (Wildman–Crippen MR) is 114 cm³/mol. The van der Waals surface area contributed by atoms with Crippen molar-refractivity contribution in [3.63, 3.8) is 0 Å². The Bertz CT molecular complexity index is 1420. The Labute approximate surface area is 187 Å². The molecular weight excluding hydrogens is 399 g/mol. The normalized spacial score (nSPS) is 28.0. The van der Waals surface area contributed by atoms with E-state index in [0.717, 1.165) is 23.9 Å². The molecule has 3 aromatic rings. The van der Waals surface area contributed by atoms with E-state index in [2.05, 4.69) is 15.0 Å². The molecule has 1 atom stereocenters. The summed E-state index contributed by atoms with van der Waals surface area (Å²) in [5.74, 6) is -0.756. The summed E-state index contributed by atoms with van der Waals surface area (Å²) in [7, 11) is 0. The molecule has 1 N–H and O–H groups in total. The van der Waals surface area contributed by atoms with Crippen LogP contribution in [0.1, 0.15) is 68.6 Å². The van der Waals surface area contributed by atoms with Crippen LogP contribution in [0.25, 0.3) is 11.0 Å². The van der Waals surface area contributed by atoms with E-state index in [1.807, 2.05) is 0 Å². The average Bonchev–Trinajstić information content (AvgIpc) is 3.25. The minimum absolute atomic E-state index is 0.145. The van der Waals surface area contributed by atoms with Gasteiger partial charge < -0.3 is 14.5 Å². The number of hydrogen-bond donors (Lipinski definition) is 1. The zero-order chi connectivity index (χ0) is 26.9. The molecular formula is C23H27FN4O3. The van der Waals surface area contributed by atoms with Crippen molar-refractivity contribution < 1.29 is 22.2 Å². The molecule has 1 unspecified atom stereocenters. The third-order valence-electron chi connectivity index (χ3n) is 6.14. The van der Waals surface area contributed by atoms with Gasteiger partial charge in [-0.05, 0) is 64.2 Å². The number of rotatable bonds is 4. The Balaban J connectivity index is 1.33. The van der Waals surface area contributed by atoms with Crippen molar-refractivity contribution in [3.8, 4) is 0 Å². The molecule has 5 rings (SSSR count). The minimum atomic E-state index is -3.18. The van der Waals surface area contributed by atoms with E-state index in [0.29, 0.717) is 29.8 Å². The van der Waals surface area contributed by atoms with Crippen LogP contribution in [0.3, 0.4) is 0 Å². The number of aromatic nitrogens is 3. The molecule has 1 saturated heterocycles. The molecule has 2 aliphatic heterocycles. The number of aryl methyl sites for hydroxylation is 1. The zero-order valence-corrected chi connectivity index (χ0v) is 17.1. The van der Waals surface area contributed by atoms with Crippen molar-refractivity contribution in [1.29, 1.82) is 0 Å². The molecule has 31 heavy (non-hydrogen) atoms. The monoisotopic (exact) mass is 432 g/mol. The van der Waals surface area contributed by atoms with Crippen molar-refractivity contribution in [2.24, 2.45) is 0 Å². The number of nitrogens with zero attached hydrogens (tertiary/aromatic N) is 4. The minimum Gasteiger partial charge on any atom is -0.385 e. The molecule has 4 heterocycles. The van der Waals surface area contributed by atoms with Crippen molar-refractivity contribution >= 4 is 11.0 Å². The van der Waals surface area contributed by atoms with Gasteiger partial charge in [0.1, 0.15) is 17.7 Å². The van der Waals surface area contributed by atoms with E-state index in [1.54, 1.807) is 13.0 Å². The number of halogens is 1. The van der Waals surface area contributed by atoms with Gasteiger partial charge >= 0.3 is 0 Å². The highest BCUT2D eigenvalue weighted by molar-refractivity contribution is 5.79. The zero-order valence-electron chi connectivity index (χ0n) is 23.1. The second-order valence-corrected chi connectivity index (χ2v) is 8.03. The van der Waals surface area contributed by atoms with E-state index in [4.69, 9.17) is 12.7 Å². The highest BCUT2D eigenvalue weighted by atomic mass is 19.1. The summed E-state index contributed by atoms with van der Waals surface area (Å²) in [6.45, 7) is 0.388. The number of piperidine rings is 1. The number of aliphatic hydroxyl groups is 1. The average molecular weight is 433 g/mol. The maximum atomic E-state index is 13.5. The number of hydrogen-bond acceptors (Lipinski definition) is 6. The van der Waals surface area contributed by atoms with Crippen LogP contribution in [0.4, 0.5) is 4.39 Å². The van der Waals surface area contributed by atoms with Crippen molar-refractivity contribution in [3.05, 3.63) is 57.1 Å². The van der Waals surface area contributed by atoms with Gasteiger partial charge in [-0.25, -0.2) is 9.37 Å². The van der Waals surface area contributed by atoms with Gasteiger partial charge in [-0.1, -0.05) is 5.16 Å². The van der Waals surface area contributed by atoms with E-state index >= 15 is 0 Å². The number of likely N-dealkylation sites (tertiary alicyclic amines) is 1. The molecule has 1 fully saturated rings. The molecule has 7 nitrogen and oxygen atoms in total. The molecule has 0 spiro atoms. The van der Waals surface area contributed by atoms with Crippen LogP contribution >= 0.6 is 0 Å². The molecule has 0 aliphatic carbocycles. The van der Waals surface area contributed by atoms with Crippen molar-refractivity contribution in [2.45, 2.75) is 57.5 Å². The molecule has 2 aromatic heterocycles. The van der Waals surface area contributed by atoms with E-state index in [1.165, 1.54) is 12.1 Å². The number of fused-ring (bicyclic) bond motifs is 2. The predicted octanol–water partition coefficient (Wildman–Crippen LogP) is 3.08. The van der Waals surface area contributed by atoms with Crippen LogP contribution in [0, 0.1) is 12.7 Å². The lowest BCUT2D eigenvalue weighted by molar-refractivity contribution is 0.129. The first-order chi connectivity index (χ1) is 17.3. The first-order valence-electron chi connectivity index (χ1n) is 13.4. The lowest BCUT2D eigenvalue weighted by Crippen LogP contribution is -2.37. The van der Waals surface area contributed by atoms with Gasteiger partial charge in [0.15, 0.2) is 5.58 Å². The maximum Gasteiger partial charge on any atom is 0.257 e. The Morgan fingerprint density at radius 3 is 2.97 bits per heavy atom. The van der Waals surface area contributed by atoms with Gasteiger partial charge in [0.2, 0.25) is 0 Å². The third kappa shape index (κ3) is 3.78. The van der Waals surface area contributed by atoms with Crippen LogP contribution < -0.4 is 5.56 Å². The summed E-state index contributed by atoms with van der Waals surface area (Å²) in [6, 6.07) is 4.37. The molecule has 0 radical (unpaired) electrons. The van der Waals surface area contributed by atoms with E-state index in [9.17, 15) is 14.3 Å². The molecule has 0 saturated carbocycles. The van der Waals surface area contributed by atoms with Crippen LogP contribution in [0.2, 0.25) is 0 Å². The fourth-order valence-corrected chi connectivity index (χ4v) is 4.41. The Kier molecular flexibility index (Phi) is 3.81. The van der Waals surface area contributed by atoms with Gasteiger partial charge in [-0.15, -0.1) is 0 Å². The van der Waals surface area contributed by atoms with E-state index in [-0.39, 0.29) is 29.4 Å². The topological polar surface area (TPSA) is 84.4 Å². The molecule has 1 aromatic carbocycles. The lowest BCUT2D eigenvalue weighted by Gasteiger charge is -2.31. The van der Waals surface area contributed by atoms with Crippen molar-refractivity contribution in [2.75, 3.05) is 19.6 Å². The van der Waals surface area contributed by atoms with Crippen LogP contribution in [0.5, 0.6) is 0 Å². The molecule has 0 bridgehead atoms. The fraction of sp³-hybridized carbons (Fsp3) is 0.522. The van der Waals surface area contributed by atoms with Crippen molar-refractivity contribution in [1.82, 2.24) is 19.6 Å². The van der Waals surface area contributed by atoms with Crippen LogP contribution in [-0.2, 0) is 12.9 Å². The lowest BCUT2D eigenvalue weighted by atomic mass is 9.91. The summed E-state index contributed by atoms with van der Waals surface area (Å²) >= 11 is 0. The molecule has 8 heteroatoms. The standard InChI is InChI=1S/C23H27FN4O3/c1-14-17(23(30)28-9-2-3-19(29)22(28)25-14)8-12-27-10-6-15(7-11-27)21-18-5-4-16(24)13-20(18)31-26-21/h4-5,13,15,19,29H,2-3,6-12H2,1H3/i2D2,3D2,9D2. The fourth-order valence-electron chi connectivity index (χ4n) is 4.41. The Hall–Kier alpha value is -2.58. The van der Waals surface area contributed by atoms with Crippen LogP contribution in [-0.4, -0.2) is 44.3 Å². The highest BCUT2D eigenvalue weighted by Gasteiger charge is 2.26. The quantitative estimate of drug-likeness (QED) is 0.682. The number of aliphatic hydroxyl groups excluding tert-OH is 1. The first-order valence-corrected chi connectivity index (χ1v) is 10.4. The van der Waals surface area contributed by atoms with E-state index < -0.39 is 36.7 Å². The molecule has 0 amide bonds. The summed E-state index contributed by atoms with van der Waals surface area (Å²) in [5, 5.41) is 15.4. The van der Waals surface area contributed by atoms with Gasteiger partial charge in [0.05, 0.1) is 5.69 Å². The highest BCUT2D eigenvalue weighted by Crippen LogP contribution is 2.32. The number of benzene rings is 1. The Morgan fingerprint density at radius 1 is 1.35 bits per heavy atom.